The smallest absolute Gasteiger partial charge is 0.159 e. The number of aliphatic hydroxyl groups is 1. The van der Waals surface area contributed by atoms with Crippen molar-refractivity contribution in [3.05, 3.63) is 35.5 Å². The SMILES string of the molecule is C=C1C(=O)CC2C=C(C)CCC3OC3(C)CCC=C(C)CC(O)C12. The summed E-state index contributed by atoms with van der Waals surface area (Å²) in [5.74, 6) is 0.0561. The molecule has 1 N–H and O–H groups in total. The van der Waals surface area contributed by atoms with Gasteiger partial charge >= 0.3 is 0 Å². The zero-order chi connectivity index (χ0) is 17.5. The molecule has 24 heavy (non-hydrogen) atoms. The average molecular weight is 330 g/mol. The van der Waals surface area contributed by atoms with Crippen LogP contribution in [0.15, 0.2) is 35.5 Å². The lowest BCUT2D eigenvalue weighted by atomic mass is 9.83. The Hall–Kier alpha value is -1.19. The minimum Gasteiger partial charge on any atom is -0.392 e. The highest BCUT2D eigenvalue weighted by Crippen LogP contribution is 2.44. The number of fused-ring (bicyclic) bond motifs is 2. The molecule has 1 saturated heterocycles. The molecule has 1 aliphatic heterocycles. The van der Waals surface area contributed by atoms with Gasteiger partial charge in [0.15, 0.2) is 5.78 Å². The Bertz CT molecular complexity index is 600. The van der Waals surface area contributed by atoms with Gasteiger partial charge in [0.25, 0.3) is 0 Å². The second-order valence-corrected chi connectivity index (χ2v) is 8.17. The maximum Gasteiger partial charge on any atom is 0.159 e. The fourth-order valence-electron chi connectivity index (χ4n) is 4.42. The molecule has 0 aromatic heterocycles. The Kier molecular flexibility index (Phi) is 4.85. The lowest BCUT2D eigenvalue weighted by Crippen LogP contribution is -2.25. The third-order valence-electron chi connectivity index (χ3n) is 6.06. The first-order chi connectivity index (χ1) is 11.3. The third kappa shape index (κ3) is 3.57. The van der Waals surface area contributed by atoms with Gasteiger partial charge in [0.2, 0.25) is 0 Å². The van der Waals surface area contributed by atoms with Gasteiger partial charge < -0.3 is 9.84 Å². The van der Waals surface area contributed by atoms with Crippen LogP contribution in [0.2, 0.25) is 0 Å². The van der Waals surface area contributed by atoms with Crippen molar-refractivity contribution in [2.45, 2.75) is 77.1 Å². The Morgan fingerprint density at radius 3 is 2.79 bits per heavy atom. The maximum absolute atomic E-state index is 12.1. The van der Waals surface area contributed by atoms with Crippen molar-refractivity contribution in [2.24, 2.45) is 11.8 Å². The lowest BCUT2D eigenvalue weighted by Gasteiger charge is -2.24. The monoisotopic (exact) mass is 330 g/mol. The molecule has 5 unspecified atom stereocenters. The summed E-state index contributed by atoms with van der Waals surface area (Å²) >= 11 is 0. The van der Waals surface area contributed by atoms with Crippen molar-refractivity contribution in [1.82, 2.24) is 0 Å². The molecular formula is C21H30O3. The fraction of sp³-hybridized carbons (Fsp3) is 0.667. The van der Waals surface area contributed by atoms with E-state index in [0.29, 0.717) is 24.5 Å². The van der Waals surface area contributed by atoms with Crippen LogP contribution in [0, 0.1) is 11.8 Å². The Morgan fingerprint density at radius 1 is 1.29 bits per heavy atom. The zero-order valence-corrected chi connectivity index (χ0v) is 15.2. The molecule has 1 heterocycles. The Balaban J connectivity index is 1.83. The van der Waals surface area contributed by atoms with E-state index in [1.165, 1.54) is 11.1 Å². The minimum atomic E-state index is -0.530. The number of rotatable bonds is 0. The molecule has 3 nitrogen and oxygen atoms in total. The van der Waals surface area contributed by atoms with E-state index in [1.807, 2.05) is 0 Å². The zero-order valence-electron chi connectivity index (χ0n) is 15.2. The van der Waals surface area contributed by atoms with Crippen LogP contribution in [0.1, 0.15) is 59.3 Å². The second kappa shape index (κ2) is 6.61. The summed E-state index contributed by atoms with van der Waals surface area (Å²) < 4.78 is 5.93. The van der Waals surface area contributed by atoms with E-state index in [0.717, 1.165) is 25.7 Å². The summed E-state index contributed by atoms with van der Waals surface area (Å²) in [7, 11) is 0. The van der Waals surface area contributed by atoms with Crippen molar-refractivity contribution < 1.29 is 14.6 Å². The molecule has 3 aliphatic rings. The normalized spacial score (nSPS) is 41.0. The van der Waals surface area contributed by atoms with E-state index >= 15 is 0 Å². The molecule has 1 saturated carbocycles. The van der Waals surface area contributed by atoms with Gasteiger partial charge in [-0.05, 0) is 64.4 Å². The topological polar surface area (TPSA) is 49.8 Å². The molecule has 0 spiro atoms. The lowest BCUT2D eigenvalue weighted by molar-refractivity contribution is -0.114. The van der Waals surface area contributed by atoms with Crippen LogP contribution in [-0.4, -0.2) is 28.7 Å². The number of hydrogen-bond donors (Lipinski definition) is 1. The summed E-state index contributed by atoms with van der Waals surface area (Å²) in [5, 5.41) is 10.7. The first kappa shape index (κ1) is 17.6. The first-order valence-corrected chi connectivity index (χ1v) is 9.21. The third-order valence-corrected chi connectivity index (χ3v) is 6.06. The minimum absolute atomic E-state index is 0.0277. The quantitative estimate of drug-likeness (QED) is 0.413. The highest BCUT2D eigenvalue weighted by atomic mass is 16.6. The molecule has 2 fully saturated rings. The number of ketones is 1. The van der Waals surface area contributed by atoms with Crippen molar-refractivity contribution in [1.29, 1.82) is 0 Å². The summed E-state index contributed by atoms with van der Waals surface area (Å²) in [6.07, 6.45) is 9.39. The Morgan fingerprint density at radius 2 is 2.04 bits per heavy atom. The summed E-state index contributed by atoms with van der Waals surface area (Å²) in [4.78, 5) is 12.1. The van der Waals surface area contributed by atoms with Crippen LogP contribution >= 0.6 is 0 Å². The highest BCUT2D eigenvalue weighted by molar-refractivity contribution is 5.98. The van der Waals surface area contributed by atoms with Gasteiger partial charge in [0, 0.05) is 12.3 Å². The fourth-order valence-corrected chi connectivity index (χ4v) is 4.42. The number of carbonyl (C=O) groups is 1. The highest BCUT2D eigenvalue weighted by Gasteiger charge is 2.50. The van der Waals surface area contributed by atoms with E-state index < -0.39 is 6.10 Å². The second-order valence-electron chi connectivity index (χ2n) is 8.17. The molecule has 3 rings (SSSR count). The predicted octanol–water partition coefficient (Wildman–Crippen LogP) is 4.12. The van der Waals surface area contributed by atoms with Gasteiger partial charge in [-0.25, -0.2) is 0 Å². The molecule has 0 amide bonds. The van der Waals surface area contributed by atoms with Crippen LogP contribution in [0.25, 0.3) is 0 Å². The summed E-state index contributed by atoms with van der Waals surface area (Å²) in [6.45, 7) is 10.4. The molecule has 0 bridgehead atoms. The molecule has 132 valence electrons. The van der Waals surface area contributed by atoms with Gasteiger partial charge in [-0.2, -0.15) is 0 Å². The van der Waals surface area contributed by atoms with Crippen molar-refractivity contribution in [3.8, 4) is 0 Å². The molecule has 2 aliphatic carbocycles. The van der Waals surface area contributed by atoms with Gasteiger partial charge in [-0.3, -0.25) is 4.79 Å². The first-order valence-electron chi connectivity index (χ1n) is 9.21. The number of Topliss-reactive ketones (excluding diaryl/α,β-unsaturated/α-hetero) is 1. The predicted molar refractivity (Wildman–Crippen MR) is 95.6 cm³/mol. The van der Waals surface area contributed by atoms with Gasteiger partial charge in [-0.15, -0.1) is 0 Å². The van der Waals surface area contributed by atoms with Crippen LogP contribution in [0.3, 0.4) is 0 Å². The van der Waals surface area contributed by atoms with Gasteiger partial charge in [-0.1, -0.05) is 29.9 Å². The van der Waals surface area contributed by atoms with E-state index in [4.69, 9.17) is 4.74 Å². The molecular weight excluding hydrogens is 300 g/mol. The van der Waals surface area contributed by atoms with Crippen LogP contribution < -0.4 is 0 Å². The van der Waals surface area contributed by atoms with Crippen LogP contribution in [-0.2, 0) is 9.53 Å². The van der Waals surface area contributed by atoms with Gasteiger partial charge in [0.1, 0.15) is 0 Å². The molecule has 5 atom stereocenters. The summed E-state index contributed by atoms with van der Waals surface area (Å²) in [5.41, 5.74) is 3.11. The standard InChI is InChI=1S/C21H30O3/c1-13-6-5-9-21(4)19(24-21)8-7-14(2)10-16-12-17(22)15(3)20(16)18(23)11-13/h6,10,16,18-20,23H,3,5,7-9,11-12H2,1-2,4H3. The van der Waals surface area contributed by atoms with E-state index in [1.54, 1.807) is 0 Å². The summed E-state index contributed by atoms with van der Waals surface area (Å²) in [6, 6.07) is 0. The molecule has 0 aromatic carbocycles. The largest absolute Gasteiger partial charge is 0.392 e. The average Bonchev–Trinajstić information content (AvgIpc) is 3.05. The number of hydrogen-bond acceptors (Lipinski definition) is 3. The number of ether oxygens (including phenoxy) is 1. The van der Waals surface area contributed by atoms with Gasteiger partial charge in [0.05, 0.1) is 17.8 Å². The van der Waals surface area contributed by atoms with Crippen molar-refractivity contribution in [3.63, 3.8) is 0 Å². The molecule has 0 aromatic rings. The number of carbonyl (C=O) groups excluding carboxylic acids is 1. The number of epoxide rings is 1. The van der Waals surface area contributed by atoms with Crippen molar-refractivity contribution in [2.75, 3.05) is 0 Å². The van der Waals surface area contributed by atoms with E-state index in [2.05, 4.69) is 39.5 Å². The number of allylic oxidation sites excluding steroid dienone is 3. The molecule has 0 radical (unpaired) electrons. The number of aliphatic hydroxyl groups excluding tert-OH is 1. The van der Waals surface area contributed by atoms with Crippen LogP contribution in [0.4, 0.5) is 0 Å². The maximum atomic E-state index is 12.1. The van der Waals surface area contributed by atoms with E-state index in [9.17, 15) is 9.90 Å². The Labute approximate surface area is 145 Å². The van der Waals surface area contributed by atoms with Crippen molar-refractivity contribution >= 4 is 5.78 Å². The van der Waals surface area contributed by atoms with Crippen LogP contribution in [0.5, 0.6) is 0 Å². The molecule has 3 heteroatoms. The van der Waals surface area contributed by atoms with E-state index in [-0.39, 0.29) is 23.2 Å².